The number of anilines is 1. The summed E-state index contributed by atoms with van der Waals surface area (Å²) in [6.45, 7) is 1.47. The molecule has 9 heteroatoms. The van der Waals surface area contributed by atoms with E-state index in [0.717, 1.165) is 5.56 Å². The predicted molar refractivity (Wildman–Crippen MR) is 106 cm³/mol. The summed E-state index contributed by atoms with van der Waals surface area (Å²) >= 11 is 0. The van der Waals surface area contributed by atoms with Gasteiger partial charge in [-0.2, -0.15) is 4.98 Å². The topological polar surface area (TPSA) is 113 Å². The van der Waals surface area contributed by atoms with E-state index in [9.17, 15) is 9.59 Å². The molecule has 3 rings (SSSR count). The number of methoxy groups -OCH3 is 1. The highest BCUT2D eigenvalue weighted by molar-refractivity contribution is 5.93. The Bertz CT molecular complexity index is 1020. The van der Waals surface area contributed by atoms with E-state index >= 15 is 0 Å². The van der Waals surface area contributed by atoms with E-state index in [1.165, 1.54) is 7.11 Å². The summed E-state index contributed by atoms with van der Waals surface area (Å²) in [5.74, 6) is 0.455. The second-order valence-electron chi connectivity index (χ2n) is 6.30. The van der Waals surface area contributed by atoms with Crippen molar-refractivity contribution in [3.05, 3.63) is 65.8 Å². The van der Waals surface area contributed by atoms with Crippen molar-refractivity contribution in [2.45, 2.75) is 20.0 Å². The molecule has 0 fully saturated rings. The fourth-order valence-electron chi connectivity index (χ4n) is 2.54. The van der Waals surface area contributed by atoms with E-state index < -0.39 is 5.97 Å². The van der Waals surface area contributed by atoms with Gasteiger partial charge in [0.15, 0.2) is 19.0 Å². The van der Waals surface area contributed by atoms with Crippen LogP contribution in [-0.2, 0) is 27.4 Å². The third-order valence-electron chi connectivity index (χ3n) is 3.91. The maximum absolute atomic E-state index is 12.2. The van der Waals surface area contributed by atoms with E-state index in [1.54, 1.807) is 30.3 Å². The molecule has 0 aliphatic heterocycles. The molecule has 3 aromatic rings. The minimum Gasteiger partial charge on any atom is -0.495 e. The van der Waals surface area contributed by atoms with E-state index in [2.05, 4.69) is 15.5 Å². The van der Waals surface area contributed by atoms with Crippen LogP contribution in [0, 0.1) is 6.92 Å². The van der Waals surface area contributed by atoms with Gasteiger partial charge in [-0.05, 0) is 36.8 Å². The van der Waals surface area contributed by atoms with Crippen LogP contribution in [0.2, 0.25) is 0 Å². The highest BCUT2D eigenvalue weighted by atomic mass is 16.6. The van der Waals surface area contributed by atoms with Crippen molar-refractivity contribution in [2.75, 3.05) is 19.0 Å². The Labute approximate surface area is 172 Å². The zero-order valence-corrected chi connectivity index (χ0v) is 16.6. The van der Waals surface area contributed by atoms with Crippen molar-refractivity contribution in [1.29, 1.82) is 0 Å². The van der Waals surface area contributed by atoms with E-state index in [0.29, 0.717) is 17.2 Å². The van der Waals surface area contributed by atoms with E-state index in [4.69, 9.17) is 18.7 Å². The van der Waals surface area contributed by atoms with Crippen LogP contribution in [0.25, 0.3) is 0 Å². The smallest absolute Gasteiger partial charge is 0.344 e. The Kier molecular flexibility index (Phi) is 6.99. The van der Waals surface area contributed by atoms with Crippen molar-refractivity contribution in [3.63, 3.8) is 0 Å². The number of para-hydroxylation sites is 2. The van der Waals surface area contributed by atoms with E-state index in [1.807, 2.05) is 25.1 Å². The summed E-state index contributed by atoms with van der Waals surface area (Å²) in [5, 5.41) is 6.44. The normalized spacial score (nSPS) is 10.3. The van der Waals surface area contributed by atoms with Crippen LogP contribution >= 0.6 is 0 Å². The second kappa shape index (κ2) is 10.1. The maximum atomic E-state index is 12.2. The van der Waals surface area contributed by atoms with Gasteiger partial charge >= 0.3 is 5.97 Å². The second-order valence-corrected chi connectivity index (χ2v) is 6.30. The lowest BCUT2D eigenvalue weighted by Crippen LogP contribution is -2.16. The Morgan fingerprint density at radius 2 is 1.97 bits per heavy atom. The lowest BCUT2D eigenvalue weighted by atomic mass is 10.2. The minimum atomic E-state index is -0.579. The number of amides is 1. The highest BCUT2D eigenvalue weighted by Crippen LogP contribution is 2.23. The van der Waals surface area contributed by atoms with Crippen LogP contribution in [0.1, 0.15) is 17.3 Å². The lowest BCUT2D eigenvalue weighted by molar-refractivity contribution is -0.148. The van der Waals surface area contributed by atoms with Crippen molar-refractivity contribution >= 4 is 17.6 Å². The maximum Gasteiger partial charge on any atom is 0.344 e. The number of esters is 1. The van der Waals surface area contributed by atoms with Crippen molar-refractivity contribution in [1.82, 2.24) is 10.1 Å². The van der Waals surface area contributed by atoms with Crippen molar-refractivity contribution < 1.29 is 28.3 Å². The first-order chi connectivity index (χ1) is 14.5. The first-order valence-electron chi connectivity index (χ1n) is 9.13. The van der Waals surface area contributed by atoms with Gasteiger partial charge in [-0.15, -0.1) is 0 Å². The molecule has 156 valence electrons. The van der Waals surface area contributed by atoms with Gasteiger partial charge in [0.2, 0.25) is 5.91 Å². The average Bonchev–Trinajstić information content (AvgIpc) is 3.18. The molecule has 1 amide bonds. The molecule has 0 saturated heterocycles. The minimum absolute atomic E-state index is 0.0824. The molecule has 0 spiro atoms. The molecule has 1 N–H and O–H groups in total. The molecular formula is C21H21N3O6. The number of carbonyl (C=O) groups is 2. The third-order valence-corrected chi connectivity index (χ3v) is 3.91. The molecule has 0 unspecified atom stereocenters. The number of aryl methyl sites for hydroxylation is 1. The fraction of sp³-hybridized carbons (Fsp3) is 0.238. The Hall–Kier alpha value is -3.88. The molecule has 1 heterocycles. The Morgan fingerprint density at radius 1 is 1.13 bits per heavy atom. The standard InChI is InChI=1S/C21H21N3O6/c1-14-6-5-7-15(10-14)28-13-21(26)29-12-20-23-18(24-30-20)11-19(25)22-16-8-3-4-9-17(16)27-2/h3-10H,11-13H2,1-2H3,(H,22,25). The molecule has 0 radical (unpaired) electrons. The van der Waals surface area contributed by atoms with Crippen LogP contribution in [0.4, 0.5) is 5.69 Å². The number of nitrogens with one attached hydrogen (secondary N) is 1. The quantitative estimate of drug-likeness (QED) is 0.535. The first-order valence-corrected chi connectivity index (χ1v) is 9.13. The Morgan fingerprint density at radius 3 is 2.77 bits per heavy atom. The van der Waals surface area contributed by atoms with Gasteiger partial charge in [0, 0.05) is 0 Å². The summed E-state index contributed by atoms with van der Waals surface area (Å²) < 4.78 is 20.6. The molecule has 0 atom stereocenters. The number of aromatic nitrogens is 2. The van der Waals surface area contributed by atoms with Crippen LogP contribution in [0.5, 0.6) is 11.5 Å². The van der Waals surface area contributed by atoms with Gasteiger partial charge in [-0.1, -0.05) is 29.4 Å². The van der Waals surface area contributed by atoms with Gasteiger partial charge in [-0.25, -0.2) is 4.79 Å². The fourth-order valence-corrected chi connectivity index (χ4v) is 2.54. The number of hydrogen-bond donors (Lipinski definition) is 1. The number of nitrogens with zero attached hydrogens (tertiary/aromatic N) is 2. The third kappa shape index (κ3) is 6.06. The van der Waals surface area contributed by atoms with Gasteiger partial charge in [-0.3, -0.25) is 4.79 Å². The van der Waals surface area contributed by atoms with E-state index in [-0.39, 0.29) is 37.3 Å². The molecular weight excluding hydrogens is 390 g/mol. The SMILES string of the molecule is COc1ccccc1NC(=O)Cc1noc(COC(=O)COc2cccc(C)c2)n1. The van der Waals surface area contributed by atoms with Crippen LogP contribution in [0.3, 0.4) is 0 Å². The first kappa shape index (κ1) is 20.8. The largest absolute Gasteiger partial charge is 0.495 e. The summed E-state index contributed by atoms with van der Waals surface area (Å²) in [7, 11) is 1.52. The number of benzene rings is 2. The number of hydrogen-bond acceptors (Lipinski definition) is 8. The monoisotopic (exact) mass is 411 g/mol. The van der Waals surface area contributed by atoms with Crippen molar-refractivity contribution in [3.8, 4) is 11.5 Å². The highest BCUT2D eigenvalue weighted by Gasteiger charge is 2.14. The zero-order valence-electron chi connectivity index (χ0n) is 16.6. The van der Waals surface area contributed by atoms with Gasteiger partial charge in [0.1, 0.15) is 11.5 Å². The molecule has 0 bridgehead atoms. The average molecular weight is 411 g/mol. The van der Waals surface area contributed by atoms with Gasteiger partial charge < -0.3 is 24.1 Å². The van der Waals surface area contributed by atoms with Crippen LogP contribution in [0.15, 0.2) is 53.1 Å². The molecule has 1 aromatic heterocycles. The summed E-state index contributed by atoms with van der Waals surface area (Å²) in [4.78, 5) is 28.0. The molecule has 9 nitrogen and oxygen atoms in total. The Balaban J connectivity index is 1.44. The molecule has 0 aliphatic carbocycles. The summed E-state index contributed by atoms with van der Waals surface area (Å²) in [6.07, 6.45) is -0.105. The predicted octanol–water partition coefficient (Wildman–Crippen LogP) is 2.69. The van der Waals surface area contributed by atoms with Crippen LogP contribution in [-0.4, -0.2) is 35.7 Å². The van der Waals surface area contributed by atoms with Crippen LogP contribution < -0.4 is 14.8 Å². The molecule has 0 aliphatic rings. The lowest BCUT2D eigenvalue weighted by Gasteiger charge is -2.08. The number of ether oxygens (including phenoxy) is 3. The van der Waals surface area contributed by atoms with Gasteiger partial charge in [0.25, 0.3) is 5.89 Å². The molecule has 2 aromatic carbocycles. The number of rotatable bonds is 9. The van der Waals surface area contributed by atoms with Gasteiger partial charge in [0.05, 0.1) is 19.2 Å². The van der Waals surface area contributed by atoms with Crippen molar-refractivity contribution in [2.24, 2.45) is 0 Å². The summed E-state index contributed by atoms with van der Waals surface area (Å²) in [6, 6.07) is 14.4. The summed E-state index contributed by atoms with van der Waals surface area (Å²) in [5.41, 5.74) is 1.56. The molecule has 0 saturated carbocycles. The number of carbonyl (C=O) groups excluding carboxylic acids is 2. The zero-order chi connectivity index (χ0) is 21.3. The molecule has 30 heavy (non-hydrogen) atoms.